The summed E-state index contributed by atoms with van der Waals surface area (Å²) in [7, 11) is 0. The Hall–Kier alpha value is -0.870. The average Bonchev–Trinajstić information content (AvgIpc) is 2.84. The van der Waals surface area contributed by atoms with Crippen LogP contribution in [-0.2, 0) is 4.79 Å². The number of rotatable bonds is 3. The smallest absolute Gasteiger partial charge is 0.241 e. The van der Waals surface area contributed by atoms with E-state index in [2.05, 4.69) is 16.8 Å². The van der Waals surface area contributed by atoms with E-state index in [9.17, 15) is 4.79 Å². The van der Waals surface area contributed by atoms with Gasteiger partial charge in [-0.1, -0.05) is 13.0 Å². The van der Waals surface area contributed by atoms with Gasteiger partial charge in [-0.15, -0.1) is 11.3 Å². The third-order valence-electron chi connectivity index (χ3n) is 2.81. The van der Waals surface area contributed by atoms with Gasteiger partial charge in [-0.05, 0) is 24.8 Å². The van der Waals surface area contributed by atoms with Gasteiger partial charge in [0.1, 0.15) is 6.17 Å². The van der Waals surface area contributed by atoms with Crippen molar-refractivity contribution in [1.29, 1.82) is 0 Å². The number of hydrogen-bond acceptors (Lipinski definition) is 3. The Labute approximate surface area is 94.1 Å². The zero-order valence-electron chi connectivity index (χ0n) is 9.06. The second-order valence-corrected chi connectivity index (χ2v) is 4.65. The van der Waals surface area contributed by atoms with Crippen LogP contribution in [0.3, 0.4) is 0 Å². The van der Waals surface area contributed by atoms with E-state index in [1.165, 1.54) is 4.88 Å². The molecule has 1 aliphatic heterocycles. The molecule has 1 aromatic rings. The Balaban J connectivity index is 2.22. The standard InChI is InChI=1S/C11H16N2OS/c1-3-8-11(14)13(4-2)10(12-8)9-6-5-7-15-9/h5-8,10,12H,3-4H2,1-2H3. The van der Waals surface area contributed by atoms with Crippen LogP contribution < -0.4 is 5.32 Å². The largest absolute Gasteiger partial charge is 0.321 e. The number of amides is 1. The van der Waals surface area contributed by atoms with Crippen LogP contribution in [0.15, 0.2) is 17.5 Å². The molecule has 0 spiro atoms. The molecule has 0 aliphatic carbocycles. The number of thiophene rings is 1. The van der Waals surface area contributed by atoms with Crippen molar-refractivity contribution >= 4 is 17.2 Å². The Morgan fingerprint density at radius 3 is 2.87 bits per heavy atom. The summed E-state index contributed by atoms with van der Waals surface area (Å²) in [5, 5.41) is 5.43. The number of hydrogen-bond donors (Lipinski definition) is 1. The maximum Gasteiger partial charge on any atom is 0.241 e. The van der Waals surface area contributed by atoms with Gasteiger partial charge in [0.25, 0.3) is 0 Å². The van der Waals surface area contributed by atoms with E-state index in [4.69, 9.17) is 0 Å². The lowest BCUT2D eigenvalue weighted by Crippen LogP contribution is -2.30. The number of carbonyl (C=O) groups excluding carboxylic acids is 1. The highest BCUT2D eigenvalue weighted by atomic mass is 32.1. The first-order valence-corrected chi connectivity index (χ1v) is 6.25. The summed E-state index contributed by atoms with van der Waals surface area (Å²) in [6.07, 6.45) is 0.949. The summed E-state index contributed by atoms with van der Waals surface area (Å²) in [6, 6.07) is 4.10. The maximum atomic E-state index is 11.9. The van der Waals surface area contributed by atoms with Crippen molar-refractivity contribution in [3.8, 4) is 0 Å². The van der Waals surface area contributed by atoms with Crippen LogP contribution in [-0.4, -0.2) is 23.4 Å². The van der Waals surface area contributed by atoms with E-state index in [0.29, 0.717) is 0 Å². The Kier molecular flexibility index (Phi) is 3.07. The summed E-state index contributed by atoms with van der Waals surface area (Å²) >= 11 is 1.70. The van der Waals surface area contributed by atoms with E-state index in [1.807, 2.05) is 24.8 Å². The Morgan fingerprint density at radius 2 is 2.33 bits per heavy atom. The van der Waals surface area contributed by atoms with Crippen LogP contribution >= 0.6 is 11.3 Å². The molecular weight excluding hydrogens is 208 g/mol. The molecule has 1 saturated heterocycles. The predicted molar refractivity (Wildman–Crippen MR) is 61.7 cm³/mol. The second kappa shape index (κ2) is 4.33. The third-order valence-corrected chi connectivity index (χ3v) is 3.74. The molecule has 1 N–H and O–H groups in total. The summed E-state index contributed by atoms with van der Waals surface area (Å²) in [4.78, 5) is 15.1. The fourth-order valence-corrected chi connectivity index (χ4v) is 2.79. The van der Waals surface area contributed by atoms with Gasteiger partial charge in [-0.3, -0.25) is 10.1 Å². The summed E-state index contributed by atoms with van der Waals surface area (Å²) in [5.41, 5.74) is 0. The van der Waals surface area contributed by atoms with Crippen molar-refractivity contribution in [3.05, 3.63) is 22.4 Å². The molecule has 2 heterocycles. The van der Waals surface area contributed by atoms with E-state index < -0.39 is 0 Å². The zero-order chi connectivity index (χ0) is 10.8. The van der Waals surface area contributed by atoms with Gasteiger partial charge in [0, 0.05) is 11.4 Å². The molecule has 1 fully saturated rings. The first kappa shape index (κ1) is 10.6. The van der Waals surface area contributed by atoms with Crippen molar-refractivity contribution in [2.75, 3.05) is 6.54 Å². The summed E-state index contributed by atoms with van der Waals surface area (Å²) in [6.45, 7) is 4.84. The van der Waals surface area contributed by atoms with Gasteiger partial charge in [-0.25, -0.2) is 0 Å². The van der Waals surface area contributed by atoms with E-state index >= 15 is 0 Å². The van der Waals surface area contributed by atoms with Crippen LogP contribution in [0.5, 0.6) is 0 Å². The van der Waals surface area contributed by atoms with Gasteiger partial charge in [0.05, 0.1) is 6.04 Å². The van der Waals surface area contributed by atoms with Crippen LogP contribution in [0.4, 0.5) is 0 Å². The highest BCUT2D eigenvalue weighted by Gasteiger charge is 2.37. The quantitative estimate of drug-likeness (QED) is 0.851. The molecule has 1 amide bonds. The number of likely N-dealkylation sites (N-methyl/N-ethyl adjacent to an activating group) is 1. The highest BCUT2D eigenvalue weighted by molar-refractivity contribution is 7.10. The number of nitrogens with one attached hydrogen (secondary N) is 1. The molecule has 2 unspecified atom stereocenters. The molecule has 0 radical (unpaired) electrons. The van der Waals surface area contributed by atoms with Crippen LogP contribution in [0.2, 0.25) is 0 Å². The molecular formula is C11H16N2OS. The SMILES string of the molecule is CCC1NC(c2cccs2)N(CC)C1=O. The first-order chi connectivity index (χ1) is 7.27. The Morgan fingerprint density at radius 1 is 1.53 bits per heavy atom. The minimum Gasteiger partial charge on any atom is -0.321 e. The molecule has 4 heteroatoms. The molecule has 15 heavy (non-hydrogen) atoms. The molecule has 1 aliphatic rings. The Bertz CT molecular complexity index is 336. The van der Waals surface area contributed by atoms with E-state index in [1.54, 1.807) is 11.3 Å². The maximum absolute atomic E-state index is 11.9. The van der Waals surface area contributed by atoms with Gasteiger partial charge >= 0.3 is 0 Å². The zero-order valence-corrected chi connectivity index (χ0v) is 9.88. The minimum absolute atomic E-state index is 0.00273. The fraction of sp³-hybridized carbons (Fsp3) is 0.545. The molecule has 0 aromatic carbocycles. The molecule has 3 nitrogen and oxygen atoms in total. The summed E-state index contributed by atoms with van der Waals surface area (Å²) < 4.78 is 0. The van der Waals surface area contributed by atoms with Gasteiger partial charge < -0.3 is 4.90 Å². The number of nitrogens with zero attached hydrogens (tertiary/aromatic N) is 1. The van der Waals surface area contributed by atoms with Gasteiger partial charge in [0.2, 0.25) is 5.91 Å². The van der Waals surface area contributed by atoms with Gasteiger partial charge in [-0.2, -0.15) is 0 Å². The van der Waals surface area contributed by atoms with Crippen molar-refractivity contribution in [2.24, 2.45) is 0 Å². The molecule has 0 saturated carbocycles. The van der Waals surface area contributed by atoms with Crippen LogP contribution in [0.1, 0.15) is 31.3 Å². The van der Waals surface area contributed by atoms with Crippen molar-refractivity contribution in [3.63, 3.8) is 0 Å². The average molecular weight is 224 g/mol. The topological polar surface area (TPSA) is 32.3 Å². The lowest BCUT2D eigenvalue weighted by Gasteiger charge is -2.21. The molecule has 2 atom stereocenters. The second-order valence-electron chi connectivity index (χ2n) is 3.67. The van der Waals surface area contributed by atoms with Crippen molar-refractivity contribution < 1.29 is 4.79 Å². The highest BCUT2D eigenvalue weighted by Crippen LogP contribution is 2.28. The van der Waals surface area contributed by atoms with Crippen molar-refractivity contribution in [2.45, 2.75) is 32.5 Å². The normalized spacial score (nSPS) is 26.3. The lowest BCUT2D eigenvalue weighted by molar-refractivity contribution is -0.129. The first-order valence-electron chi connectivity index (χ1n) is 5.37. The summed E-state index contributed by atoms with van der Waals surface area (Å²) in [5.74, 6) is 0.235. The molecule has 2 rings (SSSR count). The fourth-order valence-electron chi connectivity index (χ4n) is 1.99. The monoisotopic (exact) mass is 224 g/mol. The molecule has 82 valence electrons. The van der Waals surface area contributed by atoms with Crippen LogP contribution in [0, 0.1) is 0 Å². The van der Waals surface area contributed by atoms with E-state index in [0.717, 1.165) is 13.0 Å². The van der Waals surface area contributed by atoms with Crippen molar-refractivity contribution in [1.82, 2.24) is 10.2 Å². The minimum atomic E-state index is -0.00273. The lowest BCUT2D eigenvalue weighted by atomic mass is 10.2. The van der Waals surface area contributed by atoms with Crippen LogP contribution in [0.25, 0.3) is 0 Å². The van der Waals surface area contributed by atoms with E-state index in [-0.39, 0.29) is 18.1 Å². The molecule has 1 aromatic heterocycles. The molecule has 0 bridgehead atoms. The van der Waals surface area contributed by atoms with Gasteiger partial charge in [0.15, 0.2) is 0 Å². The predicted octanol–water partition coefficient (Wildman–Crippen LogP) is 1.98. The number of carbonyl (C=O) groups is 1. The third kappa shape index (κ3) is 1.79.